The predicted octanol–water partition coefficient (Wildman–Crippen LogP) is 2.86. The van der Waals surface area contributed by atoms with Crippen molar-refractivity contribution in [1.82, 2.24) is 9.97 Å². The van der Waals surface area contributed by atoms with E-state index in [2.05, 4.69) is 9.97 Å². The van der Waals surface area contributed by atoms with E-state index >= 15 is 0 Å². The molecule has 0 saturated carbocycles. The lowest BCUT2D eigenvalue weighted by Crippen LogP contribution is -2.18. The fourth-order valence-corrected chi connectivity index (χ4v) is 2.79. The predicted molar refractivity (Wildman–Crippen MR) is 79.7 cm³/mol. The van der Waals surface area contributed by atoms with E-state index in [-0.39, 0.29) is 5.56 Å². The zero-order valence-corrected chi connectivity index (χ0v) is 12.0. The molecule has 2 rings (SSSR count). The Balaban J connectivity index is 2.17. The lowest BCUT2D eigenvalue weighted by molar-refractivity contribution is 0.953. The zero-order chi connectivity index (χ0) is 13.8. The normalized spacial score (nSPS) is 10.6. The molecule has 0 bridgehead atoms. The van der Waals surface area contributed by atoms with Crippen molar-refractivity contribution in [2.75, 3.05) is 5.73 Å². The largest absolute Gasteiger partial charge is 0.383 e. The fraction of sp³-hybridized carbons (Fsp3) is 0.231. The number of halogens is 1. The van der Waals surface area contributed by atoms with Crippen LogP contribution in [0.3, 0.4) is 0 Å². The highest BCUT2D eigenvalue weighted by atomic mass is 35.5. The van der Waals surface area contributed by atoms with Gasteiger partial charge in [-0.2, -0.15) is 0 Å². The van der Waals surface area contributed by atoms with Crippen molar-refractivity contribution in [2.45, 2.75) is 24.0 Å². The first-order valence-corrected chi connectivity index (χ1v) is 7.23. The SMILES string of the molecule is CCc1c(N)nc(CSc2ccccc2Cl)[nH]c1=O. The first-order valence-electron chi connectivity index (χ1n) is 5.86. The summed E-state index contributed by atoms with van der Waals surface area (Å²) in [6.45, 7) is 1.88. The van der Waals surface area contributed by atoms with Crippen LogP contribution in [0.5, 0.6) is 0 Å². The van der Waals surface area contributed by atoms with Crippen molar-refractivity contribution in [3.8, 4) is 0 Å². The summed E-state index contributed by atoms with van der Waals surface area (Å²) in [5.74, 6) is 1.39. The third kappa shape index (κ3) is 3.30. The molecule has 0 spiro atoms. The number of benzene rings is 1. The molecule has 1 aromatic heterocycles. The summed E-state index contributed by atoms with van der Waals surface area (Å²) >= 11 is 7.57. The first kappa shape index (κ1) is 14.0. The number of thioether (sulfide) groups is 1. The Morgan fingerprint density at radius 3 is 2.79 bits per heavy atom. The van der Waals surface area contributed by atoms with Crippen LogP contribution in [0.1, 0.15) is 18.3 Å². The van der Waals surface area contributed by atoms with Crippen molar-refractivity contribution in [1.29, 1.82) is 0 Å². The van der Waals surface area contributed by atoms with Crippen LogP contribution in [0.25, 0.3) is 0 Å². The standard InChI is InChI=1S/C13H14ClN3OS/c1-2-8-12(15)16-11(17-13(8)18)7-19-10-6-4-3-5-9(10)14/h3-6H,2,7H2,1H3,(H3,15,16,17,18). The molecular formula is C13H14ClN3OS. The van der Waals surface area contributed by atoms with Crippen LogP contribution in [0.2, 0.25) is 5.02 Å². The molecule has 0 radical (unpaired) electrons. The molecule has 3 N–H and O–H groups in total. The molecule has 1 aromatic carbocycles. The second kappa shape index (κ2) is 6.12. The number of nitrogen functional groups attached to an aromatic ring is 1. The summed E-state index contributed by atoms with van der Waals surface area (Å²) in [6, 6.07) is 7.54. The van der Waals surface area contributed by atoms with Gasteiger partial charge in [-0.05, 0) is 18.6 Å². The Hall–Kier alpha value is -1.46. The number of anilines is 1. The average Bonchev–Trinajstić information content (AvgIpc) is 2.37. The molecule has 100 valence electrons. The first-order chi connectivity index (χ1) is 9.11. The number of hydrogen-bond donors (Lipinski definition) is 2. The average molecular weight is 296 g/mol. The van der Waals surface area contributed by atoms with E-state index in [1.165, 1.54) is 11.8 Å². The van der Waals surface area contributed by atoms with E-state index in [1.54, 1.807) is 0 Å². The molecule has 19 heavy (non-hydrogen) atoms. The number of nitrogens with zero attached hydrogens (tertiary/aromatic N) is 1. The third-order valence-corrected chi connectivity index (χ3v) is 4.18. The highest BCUT2D eigenvalue weighted by Crippen LogP contribution is 2.28. The lowest BCUT2D eigenvalue weighted by atomic mass is 10.2. The van der Waals surface area contributed by atoms with E-state index in [0.717, 1.165) is 4.90 Å². The second-order valence-corrected chi connectivity index (χ2v) is 5.37. The number of aromatic amines is 1. The topological polar surface area (TPSA) is 71.8 Å². The minimum Gasteiger partial charge on any atom is -0.383 e. The Morgan fingerprint density at radius 1 is 1.42 bits per heavy atom. The molecule has 6 heteroatoms. The van der Waals surface area contributed by atoms with Crippen LogP contribution < -0.4 is 11.3 Å². The number of aromatic nitrogens is 2. The van der Waals surface area contributed by atoms with Crippen LogP contribution in [0.4, 0.5) is 5.82 Å². The van der Waals surface area contributed by atoms with Crippen LogP contribution in [-0.2, 0) is 12.2 Å². The minimum absolute atomic E-state index is 0.162. The highest BCUT2D eigenvalue weighted by Gasteiger charge is 2.08. The molecule has 0 aliphatic carbocycles. The number of H-pyrrole nitrogens is 1. The zero-order valence-electron chi connectivity index (χ0n) is 10.4. The number of nitrogens with one attached hydrogen (secondary N) is 1. The van der Waals surface area contributed by atoms with E-state index < -0.39 is 0 Å². The Morgan fingerprint density at radius 2 is 2.16 bits per heavy atom. The molecule has 0 atom stereocenters. The van der Waals surface area contributed by atoms with Crippen LogP contribution >= 0.6 is 23.4 Å². The van der Waals surface area contributed by atoms with Gasteiger partial charge in [-0.3, -0.25) is 4.79 Å². The van der Waals surface area contributed by atoms with Crippen molar-refractivity contribution in [2.24, 2.45) is 0 Å². The van der Waals surface area contributed by atoms with Gasteiger partial charge in [0, 0.05) is 4.90 Å². The molecule has 0 saturated heterocycles. The van der Waals surface area contributed by atoms with Crippen LogP contribution in [0.15, 0.2) is 34.0 Å². The summed E-state index contributed by atoms with van der Waals surface area (Å²) in [4.78, 5) is 19.7. The van der Waals surface area contributed by atoms with E-state index in [0.29, 0.717) is 34.4 Å². The van der Waals surface area contributed by atoms with Gasteiger partial charge in [-0.25, -0.2) is 4.98 Å². The summed E-state index contributed by atoms with van der Waals surface area (Å²) in [5, 5.41) is 0.688. The van der Waals surface area contributed by atoms with Gasteiger partial charge in [0.05, 0.1) is 16.3 Å². The smallest absolute Gasteiger partial charge is 0.256 e. The van der Waals surface area contributed by atoms with E-state index in [4.69, 9.17) is 17.3 Å². The quantitative estimate of drug-likeness (QED) is 0.851. The van der Waals surface area contributed by atoms with Gasteiger partial charge in [0.1, 0.15) is 11.6 Å². The van der Waals surface area contributed by atoms with Gasteiger partial charge < -0.3 is 10.7 Å². The molecule has 0 aliphatic rings. The maximum absolute atomic E-state index is 11.8. The molecule has 0 fully saturated rings. The van der Waals surface area contributed by atoms with Crippen LogP contribution in [0, 0.1) is 0 Å². The molecule has 1 heterocycles. The van der Waals surface area contributed by atoms with Crippen molar-refractivity contribution >= 4 is 29.2 Å². The molecular weight excluding hydrogens is 282 g/mol. The Bertz CT molecular complexity index is 642. The monoisotopic (exact) mass is 295 g/mol. The summed E-state index contributed by atoms with van der Waals surface area (Å²) < 4.78 is 0. The second-order valence-electron chi connectivity index (χ2n) is 3.95. The maximum Gasteiger partial charge on any atom is 0.256 e. The highest BCUT2D eigenvalue weighted by molar-refractivity contribution is 7.98. The maximum atomic E-state index is 11.8. The van der Waals surface area contributed by atoms with Crippen LogP contribution in [-0.4, -0.2) is 9.97 Å². The lowest BCUT2D eigenvalue weighted by Gasteiger charge is -2.06. The molecule has 0 aliphatic heterocycles. The Labute approximate surface area is 120 Å². The van der Waals surface area contributed by atoms with Crippen molar-refractivity contribution in [3.63, 3.8) is 0 Å². The molecule has 0 amide bonds. The van der Waals surface area contributed by atoms with E-state index in [1.807, 2.05) is 31.2 Å². The van der Waals surface area contributed by atoms with Gasteiger partial charge in [0.15, 0.2) is 0 Å². The molecule has 0 unspecified atom stereocenters. The Kier molecular flexibility index (Phi) is 4.50. The minimum atomic E-state index is -0.162. The number of hydrogen-bond acceptors (Lipinski definition) is 4. The van der Waals surface area contributed by atoms with Crippen molar-refractivity contribution < 1.29 is 0 Å². The van der Waals surface area contributed by atoms with Gasteiger partial charge in [-0.1, -0.05) is 30.7 Å². The van der Waals surface area contributed by atoms with Gasteiger partial charge in [0.25, 0.3) is 5.56 Å². The molecule has 2 aromatic rings. The number of rotatable bonds is 4. The van der Waals surface area contributed by atoms with Gasteiger partial charge in [0.2, 0.25) is 0 Å². The summed E-state index contributed by atoms with van der Waals surface area (Å²) in [6.07, 6.45) is 0.575. The molecule has 4 nitrogen and oxygen atoms in total. The third-order valence-electron chi connectivity index (χ3n) is 2.65. The van der Waals surface area contributed by atoms with E-state index in [9.17, 15) is 4.79 Å². The summed E-state index contributed by atoms with van der Waals surface area (Å²) in [5.41, 5.74) is 6.14. The summed E-state index contributed by atoms with van der Waals surface area (Å²) in [7, 11) is 0. The van der Waals surface area contributed by atoms with Crippen molar-refractivity contribution in [3.05, 3.63) is 51.0 Å². The number of nitrogens with two attached hydrogens (primary N) is 1. The van der Waals surface area contributed by atoms with Gasteiger partial charge >= 0.3 is 0 Å². The fourth-order valence-electron chi connectivity index (χ4n) is 1.68. The van der Waals surface area contributed by atoms with Gasteiger partial charge in [-0.15, -0.1) is 11.8 Å².